The summed E-state index contributed by atoms with van der Waals surface area (Å²) in [7, 11) is 0.327. The average Bonchev–Trinajstić information content (AvgIpc) is 3.46. The van der Waals surface area contributed by atoms with Crippen LogP contribution in [0.3, 0.4) is 0 Å². The Kier molecular flexibility index (Phi) is 7.51. The molecule has 0 unspecified atom stereocenters. The number of nitrogens with zero attached hydrogens (tertiary/aromatic N) is 3. The fourth-order valence-electron chi connectivity index (χ4n) is 5.39. The van der Waals surface area contributed by atoms with Gasteiger partial charge in [-0.25, -0.2) is 15.0 Å². The second-order valence-electron chi connectivity index (χ2n) is 12.6. The maximum absolute atomic E-state index is 10.7. The topological polar surface area (TPSA) is 81.3 Å². The van der Waals surface area contributed by atoms with Gasteiger partial charge in [0.1, 0.15) is 11.2 Å². The van der Waals surface area contributed by atoms with Gasteiger partial charge in [-0.05, 0) is 45.4 Å². The van der Waals surface area contributed by atoms with Crippen LogP contribution in [0.25, 0.3) is 67.2 Å². The number of fused-ring (bicyclic) bond motifs is 3. The highest BCUT2D eigenvalue weighted by Gasteiger charge is 2.35. The van der Waals surface area contributed by atoms with Crippen molar-refractivity contribution in [2.45, 2.75) is 38.9 Å². The van der Waals surface area contributed by atoms with Crippen LogP contribution in [0.2, 0.25) is 0 Å². The van der Waals surface area contributed by atoms with Crippen molar-refractivity contribution in [1.82, 2.24) is 15.0 Å². The third kappa shape index (κ3) is 5.71. The summed E-state index contributed by atoms with van der Waals surface area (Å²) < 4.78 is 12.8. The number of hydrogen-bond donors (Lipinski definition) is 1. The first-order valence-electron chi connectivity index (χ1n) is 15.4. The van der Waals surface area contributed by atoms with Crippen molar-refractivity contribution in [1.29, 1.82) is 0 Å². The van der Waals surface area contributed by atoms with E-state index in [2.05, 4.69) is 30.3 Å². The number of hydrogen-bond acceptors (Lipinski definition) is 6. The molecular weight excluding hydrogens is 569 g/mol. The number of furan rings is 1. The highest BCUT2D eigenvalue weighted by molar-refractivity contribution is 6.48. The smallest absolute Gasteiger partial charge is 0.309 e. The van der Waals surface area contributed by atoms with Crippen LogP contribution in [-0.2, 0) is 4.65 Å². The molecule has 0 radical (unpaired) electrons. The molecule has 0 bridgehead atoms. The zero-order chi connectivity index (χ0) is 31.9. The fraction of sp³-hybridized carbons (Fsp3) is 0.154. The normalized spacial score (nSPS) is 12.1. The van der Waals surface area contributed by atoms with Crippen LogP contribution in [0, 0.1) is 0 Å². The van der Waals surface area contributed by atoms with E-state index < -0.39 is 11.2 Å². The first kappa shape index (κ1) is 29.6. The van der Waals surface area contributed by atoms with Crippen molar-refractivity contribution >= 4 is 34.9 Å². The molecule has 7 aromatic rings. The SMILES string of the molecule is CC(C)(O)C(C)(C)OBc1cc(-c2cccc(-c3nc(-c4ccccc4)nc(-c4ccccc4)n3)c2)c2oc3ccccc3c2c1. The van der Waals surface area contributed by atoms with Crippen molar-refractivity contribution in [2.24, 2.45) is 0 Å². The summed E-state index contributed by atoms with van der Waals surface area (Å²) in [5.74, 6) is 1.81. The summed E-state index contributed by atoms with van der Waals surface area (Å²) in [4.78, 5) is 14.7. The molecule has 0 aliphatic heterocycles. The van der Waals surface area contributed by atoms with Crippen molar-refractivity contribution in [2.75, 3.05) is 0 Å². The predicted molar refractivity (Wildman–Crippen MR) is 187 cm³/mol. The molecule has 0 fully saturated rings. The Bertz CT molecular complexity index is 2110. The molecule has 7 rings (SSSR count). The minimum Gasteiger partial charge on any atom is -0.455 e. The predicted octanol–water partition coefficient (Wildman–Crippen LogP) is 7.98. The third-order valence-corrected chi connectivity index (χ3v) is 8.74. The molecule has 6 nitrogen and oxygen atoms in total. The molecule has 7 heteroatoms. The van der Waals surface area contributed by atoms with Gasteiger partial charge in [-0.3, -0.25) is 0 Å². The lowest BCUT2D eigenvalue weighted by molar-refractivity contribution is -0.0893. The molecule has 0 amide bonds. The molecule has 0 aliphatic rings. The molecule has 1 N–H and O–H groups in total. The van der Waals surface area contributed by atoms with Crippen molar-refractivity contribution in [3.05, 3.63) is 121 Å². The molecule has 226 valence electrons. The highest BCUT2D eigenvalue weighted by Crippen LogP contribution is 2.37. The van der Waals surface area contributed by atoms with Gasteiger partial charge >= 0.3 is 7.48 Å². The van der Waals surface area contributed by atoms with Gasteiger partial charge in [0.15, 0.2) is 17.5 Å². The number of aromatic nitrogens is 3. The first-order chi connectivity index (χ1) is 22.2. The fourth-order valence-corrected chi connectivity index (χ4v) is 5.39. The standard InChI is InChI=1S/C39H34BN3O3/c1-38(2,44)39(3,4)46-40-29-23-31(34-32(24-29)30-20-11-12-21-33(30)45-34)27-18-13-19-28(22-27)37-42-35(25-14-7-5-8-15-25)41-36(43-37)26-16-9-6-10-17-26/h5-24,40,44H,1-4H3. The Morgan fingerprint density at radius 2 is 1.13 bits per heavy atom. The lowest BCUT2D eigenvalue weighted by atomic mass is 9.81. The van der Waals surface area contributed by atoms with Gasteiger partial charge in [0.05, 0.1) is 11.2 Å². The van der Waals surface area contributed by atoms with E-state index in [0.29, 0.717) is 25.0 Å². The average molecular weight is 604 g/mol. The van der Waals surface area contributed by atoms with Gasteiger partial charge in [-0.1, -0.05) is 115 Å². The van der Waals surface area contributed by atoms with Gasteiger partial charge in [0.2, 0.25) is 0 Å². The summed E-state index contributed by atoms with van der Waals surface area (Å²) in [6, 6.07) is 40.5. The third-order valence-electron chi connectivity index (χ3n) is 8.74. The molecule has 0 atom stereocenters. The van der Waals surface area contributed by atoms with E-state index >= 15 is 0 Å². The molecular formula is C39H34BN3O3. The maximum atomic E-state index is 10.7. The minimum atomic E-state index is -1.02. The lowest BCUT2D eigenvalue weighted by Crippen LogP contribution is -2.49. The molecule has 0 aliphatic carbocycles. The van der Waals surface area contributed by atoms with Gasteiger partial charge in [0, 0.05) is 33.0 Å². The van der Waals surface area contributed by atoms with E-state index in [1.54, 1.807) is 13.8 Å². The largest absolute Gasteiger partial charge is 0.455 e. The van der Waals surface area contributed by atoms with Crippen molar-refractivity contribution in [3.8, 4) is 45.3 Å². The zero-order valence-corrected chi connectivity index (χ0v) is 26.4. The van der Waals surface area contributed by atoms with E-state index in [1.807, 2.05) is 105 Å². The van der Waals surface area contributed by atoms with Crippen molar-refractivity contribution in [3.63, 3.8) is 0 Å². The summed E-state index contributed by atoms with van der Waals surface area (Å²) >= 11 is 0. The Balaban J connectivity index is 1.37. The molecule has 2 aromatic heterocycles. The Labute approximate surface area is 269 Å². The Morgan fingerprint density at radius 1 is 0.587 bits per heavy atom. The molecule has 2 heterocycles. The molecule has 0 saturated carbocycles. The van der Waals surface area contributed by atoms with Crippen LogP contribution in [0.15, 0.2) is 126 Å². The van der Waals surface area contributed by atoms with Gasteiger partial charge in [-0.2, -0.15) is 0 Å². The van der Waals surface area contributed by atoms with E-state index in [9.17, 15) is 5.11 Å². The summed E-state index contributed by atoms with van der Waals surface area (Å²) in [6.45, 7) is 7.35. The van der Waals surface area contributed by atoms with E-state index in [4.69, 9.17) is 24.0 Å². The van der Waals surface area contributed by atoms with E-state index in [-0.39, 0.29) is 0 Å². The van der Waals surface area contributed by atoms with Crippen LogP contribution in [-0.4, -0.2) is 38.7 Å². The molecule has 5 aromatic carbocycles. The molecule has 46 heavy (non-hydrogen) atoms. The highest BCUT2D eigenvalue weighted by atomic mass is 16.5. The maximum Gasteiger partial charge on any atom is 0.309 e. The minimum absolute atomic E-state index is 0.327. The van der Waals surface area contributed by atoms with Gasteiger partial charge < -0.3 is 14.2 Å². The zero-order valence-electron chi connectivity index (χ0n) is 26.4. The molecule has 0 saturated heterocycles. The second-order valence-corrected chi connectivity index (χ2v) is 12.6. The summed E-state index contributed by atoms with van der Waals surface area (Å²) in [5.41, 5.74) is 5.44. The molecule has 0 spiro atoms. The summed E-state index contributed by atoms with van der Waals surface area (Å²) in [6.07, 6.45) is 0. The van der Waals surface area contributed by atoms with Crippen LogP contribution >= 0.6 is 0 Å². The van der Waals surface area contributed by atoms with Crippen LogP contribution in [0.1, 0.15) is 27.7 Å². The Morgan fingerprint density at radius 3 is 1.76 bits per heavy atom. The number of benzene rings is 5. The van der Waals surface area contributed by atoms with Crippen LogP contribution < -0.4 is 5.46 Å². The van der Waals surface area contributed by atoms with Gasteiger partial charge in [0.25, 0.3) is 0 Å². The second kappa shape index (κ2) is 11.7. The number of rotatable bonds is 8. The van der Waals surface area contributed by atoms with Crippen LogP contribution in [0.4, 0.5) is 0 Å². The lowest BCUT2D eigenvalue weighted by Gasteiger charge is -2.37. The van der Waals surface area contributed by atoms with Crippen molar-refractivity contribution < 1.29 is 14.2 Å². The Hall–Kier alpha value is -5.11. The quantitative estimate of drug-likeness (QED) is 0.178. The number of para-hydroxylation sites is 1. The van der Waals surface area contributed by atoms with Gasteiger partial charge in [-0.15, -0.1) is 0 Å². The van der Waals surface area contributed by atoms with E-state index in [1.165, 1.54) is 0 Å². The monoisotopic (exact) mass is 603 g/mol. The van der Waals surface area contributed by atoms with E-state index in [0.717, 1.165) is 55.2 Å². The first-order valence-corrected chi connectivity index (χ1v) is 15.4. The summed E-state index contributed by atoms with van der Waals surface area (Å²) in [5, 5.41) is 12.8. The van der Waals surface area contributed by atoms with Crippen LogP contribution in [0.5, 0.6) is 0 Å². The number of aliphatic hydroxyl groups is 1.